The van der Waals surface area contributed by atoms with Gasteiger partial charge < -0.3 is 9.47 Å². The Balaban J connectivity index is 1.55. The lowest BCUT2D eigenvalue weighted by Gasteiger charge is -2.26. The first-order valence-electron chi connectivity index (χ1n) is 7.67. The molecule has 0 radical (unpaired) electrons. The van der Waals surface area contributed by atoms with E-state index in [0.717, 1.165) is 24.6 Å². The molecule has 116 valence electrons. The van der Waals surface area contributed by atoms with E-state index in [1.807, 2.05) is 11.3 Å². The van der Waals surface area contributed by atoms with Crippen LogP contribution in [-0.2, 0) is 6.54 Å². The molecule has 2 aliphatic rings. The molecular formula is C17H18BrNO2S. The number of halogens is 1. The van der Waals surface area contributed by atoms with Crippen molar-refractivity contribution in [1.29, 1.82) is 0 Å². The first-order valence-corrected chi connectivity index (χ1v) is 9.28. The molecule has 22 heavy (non-hydrogen) atoms. The minimum absolute atomic E-state index is 0.483. The summed E-state index contributed by atoms with van der Waals surface area (Å²) in [6, 6.07) is 11.3. The van der Waals surface area contributed by atoms with Crippen LogP contribution in [0.15, 0.2) is 34.1 Å². The minimum Gasteiger partial charge on any atom is -0.486 e. The fourth-order valence-corrected chi connectivity index (χ4v) is 4.81. The Morgan fingerprint density at radius 3 is 2.82 bits per heavy atom. The number of likely N-dealkylation sites (tertiary alicyclic amines) is 1. The van der Waals surface area contributed by atoms with Crippen molar-refractivity contribution >= 4 is 27.3 Å². The third-order valence-corrected chi connectivity index (χ3v) is 5.91. The lowest BCUT2D eigenvalue weighted by atomic mass is 10.0. The normalized spacial score (nSPS) is 21.2. The van der Waals surface area contributed by atoms with E-state index in [2.05, 4.69) is 51.2 Å². The van der Waals surface area contributed by atoms with Crippen molar-refractivity contribution in [2.24, 2.45) is 0 Å². The quantitative estimate of drug-likeness (QED) is 0.776. The summed E-state index contributed by atoms with van der Waals surface area (Å²) < 4.78 is 12.6. The van der Waals surface area contributed by atoms with Crippen LogP contribution in [0.3, 0.4) is 0 Å². The molecule has 2 aliphatic heterocycles. The molecule has 1 aromatic heterocycles. The van der Waals surface area contributed by atoms with E-state index in [-0.39, 0.29) is 0 Å². The Bertz CT molecular complexity index is 672. The van der Waals surface area contributed by atoms with E-state index in [4.69, 9.17) is 9.47 Å². The average Bonchev–Trinajstić information content (AvgIpc) is 3.16. The highest BCUT2D eigenvalue weighted by molar-refractivity contribution is 9.11. The Morgan fingerprint density at radius 2 is 2.00 bits per heavy atom. The predicted octanol–water partition coefficient (Wildman–Crippen LogP) is 4.62. The summed E-state index contributed by atoms with van der Waals surface area (Å²) in [6.45, 7) is 3.48. The van der Waals surface area contributed by atoms with Crippen LogP contribution in [0.1, 0.15) is 29.3 Å². The zero-order chi connectivity index (χ0) is 14.9. The highest BCUT2D eigenvalue weighted by Crippen LogP contribution is 2.39. The van der Waals surface area contributed by atoms with Crippen molar-refractivity contribution in [3.05, 3.63) is 44.6 Å². The van der Waals surface area contributed by atoms with E-state index in [0.29, 0.717) is 19.3 Å². The Hall–Kier alpha value is -1.04. The minimum atomic E-state index is 0.483. The van der Waals surface area contributed by atoms with Gasteiger partial charge in [0.05, 0.1) is 3.79 Å². The average molecular weight is 380 g/mol. The second-order valence-electron chi connectivity index (χ2n) is 5.74. The maximum absolute atomic E-state index is 5.73. The third kappa shape index (κ3) is 2.90. The van der Waals surface area contributed by atoms with Gasteiger partial charge in [-0.15, -0.1) is 11.3 Å². The van der Waals surface area contributed by atoms with Crippen LogP contribution in [0.2, 0.25) is 0 Å². The maximum Gasteiger partial charge on any atom is 0.161 e. The van der Waals surface area contributed by atoms with Gasteiger partial charge in [-0.25, -0.2) is 0 Å². The highest BCUT2D eigenvalue weighted by Gasteiger charge is 2.27. The zero-order valence-electron chi connectivity index (χ0n) is 12.3. The summed E-state index contributed by atoms with van der Waals surface area (Å²) in [4.78, 5) is 3.99. The van der Waals surface area contributed by atoms with Gasteiger partial charge in [-0.1, -0.05) is 6.07 Å². The Kier molecular flexibility index (Phi) is 4.11. The zero-order valence-corrected chi connectivity index (χ0v) is 14.7. The third-order valence-electron chi connectivity index (χ3n) is 4.30. The molecule has 5 heteroatoms. The van der Waals surface area contributed by atoms with Crippen molar-refractivity contribution in [1.82, 2.24) is 4.90 Å². The first-order chi connectivity index (χ1) is 10.8. The smallest absolute Gasteiger partial charge is 0.161 e. The van der Waals surface area contributed by atoms with Gasteiger partial charge in [0, 0.05) is 17.5 Å². The molecule has 0 aliphatic carbocycles. The fraction of sp³-hybridized carbons (Fsp3) is 0.412. The van der Waals surface area contributed by atoms with Crippen LogP contribution in [-0.4, -0.2) is 24.7 Å². The first kappa shape index (κ1) is 14.5. The van der Waals surface area contributed by atoms with Crippen LogP contribution in [0.4, 0.5) is 0 Å². The molecule has 0 spiro atoms. The topological polar surface area (TPSA) is 21.7 Å². The number of hydrogen-bond donors (Lipinski definition) is 0. The summed E-state index contributed by atoms with van der Waals surface area (Å²) in [6.07, 6.45) is 2.47. The maximum atomic E-state index is 5.73. The summed E-state index contributed by atoms with van der Waals surface area (Å²) in [5.74, 6) is 1.77. The molecular weight excluding hydrogens is 362 g/mol. The standard InChI is InChI=1S/C17H18BrNO2S/c18-17-6-4-13(22-17)11-19-7-1-2-14(19)12-3-5-15-16(10-12)21-9-8-20-15/h3-6,10,14H,1-2,7-9,11H2. The van der Waals surface area contributed by atoms with Gasteiger partial charge in [0.2, 0.25) is 0 Å². The molecule has 0 bridgehead atoms. The van der Waals surface area contributed by atoms with Gasteiger partial charge in [0.25, 0.3) is 0 Å². The van der Waals surface area contributed by atoms with Gasteiger partial charge in [-0.05, 0) is 65.1 Å². The van der Waals surface area contributed by atoms with Crippen LogP contribution < -0.4 is 9.47 Å². The van der Waals surface area contributed by atoms with Crippen molar-refractivity contribution < 1.29 is 9.47 Å². The molecule has 3 heterocycles. The predicted molar refractivity (Wildman–Crippen MR) is 91.8 cm³/mol. The number of rotatable bonds is 3. The number of ether oxygens (including phenoxy) is 2. The lowest BCUT2D eigenvalue weighted by molar-refractivity contribution is 0.170. The highest BCUT2D eigenvalue weighted by atomic mass is 79.9. The fourth-order valence-electron chi connectivity index (χ4n) is 3.30. The van der Waals surface area contributed by atoms with Gasteiger partial charge in [0.15, 0.2) is 11.5 Å². The summed E-state index contributed by atoms with van der Waals surface area (Å²) in [7, 11) is 0. The van der Waals surface area contributed by atoms with Crippen LogP contribution in [0.25, 0.3) is 0 Å². The van der Waals surface area contributed by atoms with E-state index in [9.17, 15) is 0 Å². The second kappa shape index (κ2) is 6.22. The number of nitrogens with zero attached hydrogens (tertiary/aromatic N) is 1. The molecule has 1 unspecified atom stereocenters. The SMILES string of the molecule is Brc1ccc(CN2CCCC2c2ccc3c(c2)OCCO3)s1. The van der Waals surface area contributed by atoms with Crippen molar-refractivity contribution in [2.45, 2.75) is 25.4 Å². The summed E-state index contributed by atoms with van der Waals surface area (Å²) in [5, 5.41) is 0. The van der Waals surface area contributed by atoms with Crippen LogP contribution in [0.5, 0.6) is 11.5 Å². The molecule has 1 saturated heterocycles. The molecule has 1 aromatic carbocycles. The molecule has 4 rings (SSSR count). The van der Waals surface area contributed by atoms with Gasteiger partial charge in [0.1, 0.15) is 13.2 Å². The van der Waals surface area contributed by atoms with Gasteiger partial charge in [-0.3, -0.25) is 4.90 Å². The second-order valence-corrected chi connectivity index (χ2v) is 8.28. The van der Waals surface area contributed by atoms with Crippen molar-refractivity contribution in [3.8, 4) is 11.5 Å². The largest absolute Gasteiger partial charge is 0.486 e. The molecule has 3 nitrogen and oxygen atoms in total. The summed E-state index contributed by atoms with van der Waals surface area (Å²) >= 11 is 5.38. The van der Waals surface area contributed by atoms with E-state index in [1.165, 1.54) is 27.1 Å². The van der Waals surface area contributed by atoms with Crippen LogP contribution >= 0.6 is 27.3 Å². The van der Waals surface area contributed by atoms with E-state index < -0.39 is 0 Å². The number of thiophene rings is 1. The molecule has 0 N–H and O–H groups in total. The van der Waals surface area contributed by atoms with E-state index >= 15 is 0 Å². The van der Waals surface area contributed by atoms with Crippen molar-refractivity contribution in [2.75, 3.05) is 19.8 Å². The lowest BCUT2D eigenvalue weighted by Crippen LogP contribution is -2.22. The van der Waals surface area contributed by atoms with Gasteiger partial charge in [-0.2, -0.15) is 0 Å². The van der Waals surface area contributed by atoms with Gasteiger partial charge >= 0.3 is 0 Å². The molecule has 0 saturated carbocycles. The number of benzene rings is 1. The molecule has 0 amide bonds. The van der Waals surface area contributed by atoms with E-state index in [1.54, 1.807) is 0 Å². The number of fused-ring (bicyclic) bond motifs is 1. The molecule has 1 atom stereocenters. The van der Waals surface area contributed by atoms with Crippen LogP contribution in [0, 0.1) is 0 Å². The molecule has 1 fully saturated rings. The Morgan fingerprint density at radius 1 is 1.14 bits per heavy atom. The van der Waals surface area contributed by atoms with Crippen molar-refractivity contribution in [3.63, 3.8) is 0 Å². The number of hydrogen-bond acceptors (Lipinski definition) is 4. The summed E-state index contributed by atoms with van der Waals surface area (Å²) in [5.41, 5.74) is 1.34. The molecule has 2 aromatic rings. The Labute approximate surface area is 143 Å². The monoisotopic (exact) mass is 379 g/mol.